The number of fused-ring (bicyclic) bond motifs is 1. The van der Waals surface area contributed by atoms with Crippen molar-refractivity contribution in [3.8, 4) is 11.5 Å². The molecular formula is C25H31N3O4. The molecule has 32 heavy (non-hydrogen) atoms. The van der Waals surface area contributed by atoms with E-state index in [1.807, 2.05) is 30.3 Å². The molecule has 2 heterocycles. The molecule has 3 amide bonds. The van der Waals surface area contributed by atoms with E-state index >= 15 is 0 Å². The van der Waals surface area contributed by atoms with Crippen LogP contribution in [0.15, 0.2) is 42.5 Å². The van der Waals surface area contributed by atoms with E-state index < -0.39 is 6.04 Å². The predicted octanol–water partition coefficient (Wildman–Crippen LogP) is 3.58. The van der Waals surface area contributed by atoms with Crippen LogP contribution in [0.4, 0.5) is 4.79 Å². The van der Waals surface area contributed by atoms with Crippen LogP contribution in [0.25, 0.3) is 0 Å². The molecule has 7 heteroatoms. The number of nitrogens with one attached hydrogen (secondary N) is 1. The average Bonchev–Trinajstić information content (AvgIpc) is 3.05. The minimum atomic E-state index is -0.445. The van der Waals surface area contributed by atoms with Gasteiger partial charge in [0.05, 0.1) is 26.9 Å². The molecule has 170 valence electrons. The van der Waals surface area contributed by atoms with Gasteiger partial charge in [0.2, 0.25) is 0 Å². The number of carbonyl (C=O) groups excluding carboxylic acids is 2. The molecule has 1 saturated heterocycles. The molecule has 7 nitrogen and oxygen atoms in total. The quantitative estimate of drug-likeness (QED) is 0.671. The molecule has 4 rings (SSSR count). The maximum absolute atomic E-state index is 13.0. The van der Waals surface area contributed by atoms with Gasteiger partial charge in [-0.3, -0.25) is 9.69 Å². The highest BCUT2D eigenvalue weighted by molar-refractivity contribution is 6.04. The van der Waals surface area contributed by atoms with Gasteiger partial charge in [-0.05, 0) is 47.6 Å². The number of benzene rings is 2. The van der Waals surface area contributed by atoms with Gasteiger partial charge in [0.25, 0.3) is 5.91 Å². The monoisotopic (exact) mass is 437 g/mol. The lowest BCUT2D eigenvalue weighted by atomic mass is 9.88. The van der Waals surface area contributed by atoms with Crippen LogP contribution in [0.1, 0.15) is 43.0 Å². The zero-order chi connectivity index (χ0) is 22.8. The Morgan fingerprint density at radius 1 is 1.06 bits per heavy atom. The van der Waals surface area contributed by atoms with Crippen LogP contribution < -0.4 is 14.8 Å². The maximum atomic E-state index is 13.0. The Hall–Kier alpha value is -3.06. The molecule has 2 atom stereocenters. The van der Waals surface area contributed by atoms with Crippen LogP contribution in [0, 0.1) is 5.92 Å². The number of hydrogen-bond acceptors (Lipinski definition) is 5. The Bertz CT molecular complexity index is 992. The third kappa shape index (κ3) is 4.17. The normalized spacial score (nSPS) is 21.0. The topological polar surface area (TPSA) is 71.1 Å². The Balaban J connectivity index is 1.69. The fraction of sp³-hybridized carbons (Fsp3) is 0.440. The predicted molar refractivity (Wildman–Crippen MR) is 122 cm³/mol. The van der Waals surface area contributed by atoms with Crippen molar-refractivity contribution >= 4 is 11.9 Å². The van der Waals surface area contributed by atoms with E-state index in [9.17, 15) is 9.59 Å². The summed E-state index contributed by atoms with van der Waals surface area (Å²) in [6, 6.07) is 13.4. The zero-order valence-corrected chi connectivity index (χ0v) is 19.1. The number of methoxy groups -OCH3 is 2. The molecule has 2 aromatic rings. The van der Waals surface area contributed by atoms with E-state index in [4.69, 9.17) is 9.47 Å². The number of rotatable bonds is 7. The summed E-state index contributed by atoms with van der Waals surface area (Å²) in [4.78, 5) is 29.2. The minimum Gasteiger partial charge on any atom is -0.493 e. The summed E-state index contributed by atoms with van der Waals surface area (Å²) in [6.45, 7) is 5.06. The van der Waals surface area contributed by atoms with Crippen molar-refractivity contribution in [2.45, 2.75) is 38.8 Å². The second-order valence-corrected chi connectivity index (χ2v) is 8.82. The van der Waals surface area contributed by atoms with Crippen molar-refractivity contribution in [2.24, 2.45) is 5.92 Å². The van der Waals surface area contributed by atoms with Gasteiger partial charge in [0.1, 0.15) is 6.04 Å². The van der Waals surface area contributed by atoms with E-state index in [0.717, 1.165) is 17.5 Å². The second kappa shape index (κ2) is 9.20. The minimum absolute atomic E-state index is 0.107. The van der Waals surface area contributed by atoms with Crippen LogP contribution in [-0.2, 0) is 11.2 Å². The number of imide groups is 1. The highest BCUT2D eigenvalue weighted by atomic mass is 16.5. The Labute approximate surface area is 189 Å². The van der Waals surface area contributed by atoms with Gasteiger partial charge < -0.3 is 14.8 Å². The summed E-state index contributed by atoms with van der Waals surface area (Å²) in [5, 5.41) is 2.86. The Kier molecular flexibility index (Phi) is 6.37. The molecular weight excluding hydrogens is 406 g/mol. The van der Waals surface area contributed by atoms with Crippen molar-refractivity contribution in [3.63, 3.8) is 0 Å². The third-order valence-electron chi connectivity index (χ3n) is 6.23. The maximum Gasteiger partial charge on any atom is 0.325 e. The molecule has 0 saturated carbocycles. The van der Waals surface area contributed by atoms with Crippen LogP contribution in [-0.4, -0.2) is 55.2 Å². The summed E-state index contributed by atoms with van der Waals surface area (Å²) in [5.74, 6) is 1.55. The molecule has 0 spiro atoms. The first-order chi connectivity index (χ1) is 15.4. The van der Waals surface area contributed by atoms with Crippen molar-refractivity contribution in [1.29, 1.82) is 0 Å². The van der Waals surface area contributed by atoms with Crippen LogP contribution >= 0.6 is 0 Å². The average molecular weight is 438 g/mol. The molecule has 1 fully saturated rings. The van der Waals surface area contributed by atoms with Gasteiger partial charge in [-0.1, -0.05) is 44.2 Å². The van der Waals surface area contributed by atoms with E-state index in [1.54, 1.807) is 14.2 Å². The number of amides is 3. The fourth-order valence-corrected chi connectivity index (χ4v) is 4.70. The molecule has 0 aliphatic carbocycles. The van der Waals surface area contributed by atoms with Crippen LogP contribution in [0.5, 0.6) is 11.5 Å². The van der Waals surface area contributed by atoms with E-state index in [0.29, 0.717) is 30.4 Å². The van der Waals surface area contributed by atoms with E-state index in [2.05, 4.69) is 36.2 Å². The van der Waals surface area contributed by atoms with Gasteiger partial charge >= 0.3 is 6.03 Å². The summed E-state index contributed by atoms with van der Waals surface area (Å²) < 4.78 is 11.1. The molecule has 0 bridgehead atoms. The molecule has 2 aromatic carbocycles. The lowest BCUT2D eigenvalue weighted by Crippen LogP contribution is -2.46. The highest BCUT2D eigenvalue weighted by Crippen LogP contribution is 2.41. The number of hydrogen-bond donors (Lipinski definition) is 1. The lowest BCUT2D eigenvalue weighted by Gasteiger charge is -2.39. The fourth-order valence-electron chi connectivity index (χ4n) is 4.70. The van der Waals surface area contributed by atoms with Crippen molar-refractivity contribution in [2.75, 3.05) is 27.4 Å². The zero-order valence-electron chi connectivity index (χ0n) is 19.1. The molecule has 1 N–H and O–H groups in total. The summed E-state index contributed by atoms with van der Waals surface area (Å²) in [7, 11) is 3.27. The second-order valence-electron chi connectivity index (χ2n) is 8.82. The first-order valence-electron chi connectivity index (χ1n) is 11.1. The highest BCUT2D eigenvalue weighted by Gasteiger charge is 2.41. The van der Waals surface area contributed by atoms with Crippen molar-refractivity contribution < 1.29 is 19.1 Å². The van der Waals surface area contributed by atoms with Gasteiger partial charge in [-0.15, -0.1) is 0 Å². The summed E-state index contributed by atoms with van der Waals surface area (Å²) >= 11 is 0. The van der Waals surface area contributed by atoms with Crippen molar-refractivity contribution in [1.82, 2.24) is 15.1 Å². The largest absolute Gasteiger partial charge is 0.493 e. The van der Waals surface area contributed by atoms with Gasteiger partial charge in [-0.2, -0.15) is 0 Å². The standard InChI is InChI=1S/C25H31N3O4/c1-16(2)12-20-24(29)28(25(30)26-20)15-27-11-10-18-13-21(31-3)22(32-4)14-19(18)23(27)17-8-6-5-7-9-17/h5-9,13-14,16,20,23H,10-12,15H2,1-4H3,(H,26,30). The number of nitrogens with zero attached hydrogens (tertiary/aromatic N) is 2. The van der Waals surface area contributed by atoms with E-state index in [1.165, 1.54) is 10.5 Å². The van der Waals surface area contributed by atoms with Gasteiger partial charge in [0, 0.05) is 6.54 Å². The summed E-state index contributed by atoms with van der Waals surface area (Å²) in [5.41, 5.74) is 3.39. The smallest absolute Gasteiger partial charge is 0.325 e. The number of ether oxygens (including phenoxy) is 2. The lowest BCUT2D eigenvalue weighted by molar-refractivity contribution is -0.129. The Morgan fingerprint density at radius 3 is 2.41 bits per heavy atom. The SMILES string of the molecule is COc1cc2c(cc1OC)C(c1ccccc1)N(CN1C(=O)NC(CC(C)C)C1=O)CC2. The van der Waals surface area contributed by atoms with E-state index in [-0.39, 0.29) is 24.6 Å². The van der Waals surface area contributed by atoms with Gasteiger partial charge in [-0.25, -0.2) is 9.69 Å². The first-order valence-corrected chi connectivity index (χ1v) is 11.1. The molecule has 2 aliphatic heterocycles. The van der Waals surface area contributed by atoms with Gasteiger partial charge in [0.15, 0.2) is 11.5 Å². The van der Waals surface area contributed by atoms with Crippen LogP contribution in [0.2, 0.25) is 0 Å². The summed E-state index contributed by atoms with van der Waals surface area (Å²) in [6.07, 6.45) is 1.43. The molecule has 2 unspecified atom stereocenters. The van der Waals surface area contributed by atoms with Crippen molar-refractivity contribution in [3.05, 3.63) is 59.2 Å². The Morgan fingerprint density at radius 2 is 1.75 bits per heavy atom. The first kappa shape index (κ1) is 22.1. The van der Waals surface area contributed by atoms with Crippen LogP contribution in [0.3, 0.4) is 0 Å². The number of urea groups is 1. The molecule has 0 aromatic heterocycles. The molecule has 2 aliphatic rings. The number of carbonyl (C=O) groups is 2. The third-order valence-corrected chi connectivity index (χ3v) is 6.23. The molecule has 0 radical (unpaired) electrons.